The van der Waals surface area contributed by atoms with Gasteiger partial charge in [-0.2, -0.15) is 4.98 Å². The second-order valence-electron chi connectivity index (χ2n) is 6.79. The second-order valence-corrected chi connectivity index (χ2v) is 6.79. The molecule has 0 radical (unpaired) electrons. The van der Waals surface area contributed by atoms with Crippen LogP contribution in [0, 0.1) is 6.92 Å². The molecule has 4 rings (SSSR count). The molecule has 27 heavy (non-hydrogen) atoms. The minimum absolute atomic E-state index is 0.0220. The first kappa shape index (κ1) is 17.3. The highest BCUT2D eigenvalue weighted by atomic mass is 16.6. The summed E-state index contributed by atoms with van der Waals surface area (Å²) in [5.74, 6) is 1.24. The zero-order valence-electron chi connectivity index (χ0n) is 15.2. The van der Waals surface area contributed by atoms with Crippen LogP contribution in [0.15, 0.2) is 59.1 Å². The Labute approximate surface area is 157 Å². The number of nitrogens with zero attached hydrogens (tertiary/aromatic N) is 3. The van der Waals surface area contributed by atoms with Gasteiger partial charge in [-0.15, -0.1) is 0 Å². The number of para-hydroxylation sites is 1. The molecule has 0 bridgehead atoms. The summed E-state index contributed by atoms with van der Waals surface area (Å²) in [6, 6.07) is 17.2. The van der Waals surface area contributed by atoms with Crippen molar-refractivity contribution in [2.24, 2.45) is 0 Å². The predicted molar refractivity (Wildman–Crippen MR) is 99.9 cm³/mol. The third-order valence-corrected chi connectivity index (χ3v) is 4.73. The third kappa shape index (κ3) is 4.00. The van der Waals surface area contributed by atoms with Crippen LogP contribution in [-0.2, 0) is 0 Å². The normalized spacial score (nSPS) is 16.9. The van der Waals surface area contributed by atoms with Crippen molar-refractivity contribution in [1.82, 2.24) is 15.0 Å². The fourth-order valence-electron chi connectivity index (χ4n) is 3.26. The lowest BCUT2D eigenvalue weighted by atomic mass is 9.97. The molecule has 6 nitrogen and oxygen atoms in total. The molecule has 0 aliphatic carbocycles. The molecule has 2 aromatic carbocycles. The van der Waals surface area contributed by atoms with E-state index >= 15 is 0 Å². The van der Waals surface area contributed by atoms with Gasteiger partial charge in [-0.05, 0) is 49.2 Å². The molecular weight excluding hydrogens is 342 g/mol. The molecule has 1 amide bonds. The van der Waals surface area contributed by atoms with Gasteiger partial charge in [0.15, 0.2) is 0 Å². The largest absolute Gasteiger partial charge is 0.422 e. The number of aromatic nitrogens is 2. The fraction of sp³-hybridized carbons (Fsp3) is 0.286. The number of rotatable bonds is 4. The molecule has 6 heteroatoms. The Morgan fingerprint density at radius 3 is 2.70 bits per heavy atom. The van der Waals surface area contributed by atoms with Crippen molar-refractivity contribution in [3.63, 3.8) is 0 Å². The van der Waals surface area contributed by atoms with Crippen molar-refractivity contribution in [2.75, 3.05) is 13.1 Å². The number of ether oxygens (including phenoxy) is 1. The summed E-state index contributed by atoms with van der Waals surface area (Å²) in [5.41, 5.74) is 1.85. The van der Waals surface area contributed by atoms with Crippen LogP contribution in [0.25, 0.3) is 0 Å². The number of carbonyl (C=O) groups is 1. The van der Waals surface area contributed by atoms with Gasteiger partial charge in [0.1, 0.15) is 5.75 Å². The average Bonchev–Trinajstić information content (AvgIpc) is 3.17. The zero-order valence-corrected chi connectivity index (χ0v) is 15.2. The van der Waals surface area contributed by atoms with E-state index in [-0.39, 0.29) is 17.8 Å². The molecule has 1 aromatic heterocycles. The maximum Gasteiger partial charge on any atom is 0.359 e. The highest BCUT2D eigenvalue weighted by Crippen LogP contribution is 2.28. The van der Waals surface area contributed by atoms with Gasteiger partial charge in [0.25, 0.3) is 5.91 Å². The molecule has 1 saturated heterocycles. The standard InChI is InChI=1S/C21H21N3O3/c1-15-9-11-16(12-10-15)20(25)24-13-5-6-17(14-24)19-22-21(23-27-19)26-18-7-3-2-4-8-18/h2-4,7-12,17H,5-6,13-14H2,1H3/t17-/m0/s1. The molecule has 1 aliphatic heterocycles. The van der Waals surface area contributed by atoms with Crippen molar-refractivity contribution in [3.8, 4) is 11.8 Å². The molecule has 1 fully saturated rings. The lowest BCUT2D eigenvalue weighted by Gasteiger charge is -2.31. The van der Waals surface area contributed by atoms with Gasteiger partial charge >= 0.3 is 6.01 Å². The number of hydrogen-bond acceptors (Lipinski definition) is 5. The smallest absolute Gasteiger partial charge is 0.359 e. The summed E-state index contributed by atoms with van der Waals surface area (Å²) >= 11 is 0. The quantitative estimate of drug-likeness (QED) is 0.695. The van der Waals surface area contributed by atoms with Crippen LogP contribution >= 0.6 is 0 Å². The fourth-order valence-corrected chi connectivity index (χ4v) is 3.26. The zero-order chi connectivity index (χ0) is 18.6. The minimum Gasteiger partial charge on any atom is -0.422 e. The minimum atomic E-state index is 0.0220. The van der Waals surface area contributed by atoms with Crippen LogP contribution < -0.4 is 4.74 Å². The summed E-state index contributed by atoms with van der Waals surface area (Å²) in [6.07, 6.45) is 1.81. The molecule has 1 atom stereocenters. The Morgan fingerprint density at radius 2 is 1.93 bits per heavy atom. The number of aryl methyl sites for hydroxylation is 1. The van der Waals surface area contributed by atoms with E-state index in [1.54, 1.807) is 0 Å². The highest BCUT2D eigenvalue weighted by Gasteiger charge is 2.29. The van der Waals surface area contributed by atoms with Gasteiger partial charge in [-0.25, -0.2) is 0 Å². The third-order valence-electron chi connectivity index (χ3n) is 4.73. The number of hydrogen-bond donors (Lipinski definition) is 0. The first-order valence-corrected chi connectivity index (χ1v) is 9.11. The first-order chi connectivity index (χ1) is 13.2. The average molecular weight is 363 g/mol. The topological polar surface area (TPSA) is 68.5 Å². The van der Waals surface area contributed by atoms with Crippen molar-refractivity contribution >= 4 is 5.91 Å². The molecule has 0 unspecified atom stereocenters. The van der Waals surface area contributed by atoms with Gasteiger partial charge in [0.2, 0.25) is 5.89 Å². The van der Waals surface area contributed by atoms with E-state index in [0.29, 0.717) is 23.7 Å². The maximum atomic E-state index is 12.8. The molecule has 3 aromatic rings. The number of piperidine rings is 1. The van der Waals surface area contributed by atoms with E-state index in [1.165, 1.54) is 0 Å². The number of benzene rings is 2. The molecule has 0 spiro atoms. The Bertz CT molecular complexity index is 906. The first-order valence-electron chi connectivity index (χ1n) is 9.11. The van der Waals surface area contributed by atoms with Gasteiger partial charge in [-0.3, -0.25) is 4.79 Å². The van der Waals surface area contributed by atoms with E-state index in [9.17, 15) is 4.79 Å². The Morgan fingerprint density at radius 1 is 1.15 bits per heavy atom. The van der Waals surface area contributed by atoms with Crippen LogP contribution in [0.3, 0.4) is 0 Å². The number of likely N-dealkylation sites (tertiary alicyclic amines) is 1. The van der Waals surface area contributed by atoms with E-state index in [1.807, 2.05) is 66.4 Å². The molecule has 1 aliphatic rings. The summed E-state index contributed by atoms with van der Waals surface area (Å²) in [5, 5.41) is 3.91. The van der Waals surface area contributed by atoms with E-state index < -0.39 is 0 Å². The second kappa shape index (κ2) is 7.61. The number of amides is 1. The summed E-state index contributed by atoms with van der Waals surface area (Å²) in [4.78, 5) is 19.0. The van der Waals surface area contributed by atoms with Crippen molar-refractivity contribution in [1.29, 1.82) is 0 Å². The lowest BCUT2D eigenvalue weighted by Crippen LogP contribution is -2.39. The van der Waals surface area contributed by atoms with Crippen LogP contribution in [-0.4, -0.2) is 34.0 Å². The van der Waals surface area contributed by atoms with E-state index in [0.717, 1.165) is 24.9 Å². The van der Waals surface area contributed by atoms with Crippen molar-refractivity contribution in [3.05, 3.63) is 71.6 Å². The Kier molecular flexibility index (Phi) is 4.87. The Hall–Kier alpha value is -3.15. The predicted octanol–water partition coefficient (Wildman–Crippen LogP) is 4.19. The van der Waals surface area contributed by atoms with Gasteiger partial charge in [-0.1, -0.05) is 35.9 Å². The van der Waals surface area contributed by atoms with Crippen LogP contribution in [0.1, 0.15) is 40.6 Å². The molecule has 138 valence electrons. The highest BCUT2D eigenvalue weighted by molar-refractivity contribution is 5.94. The Balaban J connectivity index is 1.44. The van der Waals surface area contributed by atoms with Crippen molar-refractivity contribution < 1.29 is 14.1 Å². The molecule has 0 saturated carbocycles. The summed E-state index contributed by atoms with van der Waals surface area (Å²) in [7, 11) is 0. The van der Waals surface area contributed by atoms with E-state index in [4.69, 9.17) is 9.26 Å². The van der Waals surface area contributed by atoms with Crippen LogP contribution in [0.2, 0.25) is 0 Å². The van der Waals surface area contributed by atoms with E-state index in [2.05, 4.69) is 10.1 Å². The summed E-state index contributed by atoms with van der Waals surface area (Å²) in [6.45, 7) is 3.32. The lowest BCUT2D eigenvalue weighted by molar-refractivity contribution is 0.0695. The van der Waals surface area contributed by atoms with Crippen LogP contribution in [0.5, 0.6) is 11.8 Å². The van der Waals surface area contributed by atoms with Gasteiger partial charge in [0.05, 0.1) is 5.92 Å². The van der Waals surface area contributed by atoms with Gasteiger partial charge in [0, 0.05) is 18.7 Å². The molecule has 0 N–H and O–H groups in total. The molecule has 2 heterocycles. The number of carbonyl (C=O) groups excluding carboxylic acids is 1. The SMILES string of the molecule is Cc1ccc(C(=O)N2CCC[C@H](c3nc(Oc4ccccc4)no3)C2)cc1. The summed E-state index contributed by atoms with van der Waals surface area (Å²) < 4.78 is 11.0. The molecular formula is C21H21N3O3. The van der Waals surface area contributed by atoms with Crippen molar-refractivity contribution in [2.45, 2.75) is 25.7 Å². The van der Waals surface area contributed by atoms with Gasteiger partial charge < -0.3 is 14.2 Å². The van der Waals surface area contributed by atoms with Crippen LogP contribution in [0.4, 0.5) is 0 Å². The monoisotopic (exact) mass is 363 g/mol. The maximum absolute atomic E-state index is 12.8.